The van der Waals surface area contributed by atoms with Crippen LogP contribution in [0.25, 0.3) is 33.1 Å². The second-order valence-electron chi connectivity index (χ2n) is 6.48. The summed E-state index contributed by atoms with van der Waals surface area (Å²) in [5.74, 6) is 1.31. The number of fused-ring (bicyclic) bond motifs is 2. The van der Waals surface area contributed by atoms with E-state index in [1.165, 1.54) is 0 Å². The highest BCUT2D eigenvalue weighted by Gasteiger charge is 2.14. The lowest BCUT2D eigenvalue weighted by Crippen LogP contribution is -2.24. The molecule has 0 spiro atoms. The summed E-state index contributed by atoms with van der Waals surface area (Å²) in [5.41, 5.74) is 7.20. The van der Waals surface area contributed by atoms with E-state index < -0.39 is 0 Å². The number of aromatic nitrogens is 2. The van der Waals surface area contributed by atoms with Gasteiger partial charge in [-0.05, 0) is 48.0 Å². The van der Waals surface area contributed by atoms with Crippen LogP contribution in [0.2, 0.25) is 0 Å². The molecule has 0 aliphatic heterocycles. The Kier molecular flexibility index (Phi) is 4.60. The quantitative estimate of drug-likeness (QED) is 0.591. The van der Waals surface area contributed by atoms with Crippen molar-refractivity contribution in [1.29, 1.82) is 0 Å². The molecule has 27 heavy (non-hydrogen) atoms. The lowest BCUT2D eigenvalue weighted by molar-refractivity contribution is 0.415. The van der Waals surface area contributed by atoms with Crippen LogP contribution in [-0.2, 0) is 6.54 Å². The standard InChI is InChI=1S/C22H21N3O2/c1-27-18-9-10-20-19(14-18)22(26)25(12-4-11-23)21(24-20)17-8-7-15-5-2-3-6-16(15)13-17/h2-3,5-10,13-14H,4,11-12,23H2,1H3. The normalized spacial score (nSPS) is 11.2. The summed E-state index contributed by atoms with van der Waals surface area (Å²) in [6.07, 6.45) is 0.706. The average molecular weight is 359 g/mol. The molecule has 0 aliphatic carbocycles. The van der Waals surface area contributed by atoms with E-state index in [1.807, 2.05) is 30.3 Å². The van der Waals surface area contributed by atoms with Gasteiger partial charge in [0, 0.05) is 12.1 Å². The van der Waals surface area contributed by atoms with Crippen molar-refractivity contribution >= 4 is 21.7 Å². The maximum Gasteiger partial charge on any atom is 0.261 e. The zero-order valence-electron chi connectivity index (χ0n) is 15.2. The fourth-order valence-electron chi connectivity index (χ4n) is 3.33. The zero-order valence-corrected chi connectivity index (χ0v) is 15.2. The second-order valence-corrected chi connectivity index (χ2v) is 6.48. The minimum absolute atomic E-state index is 0.0736. The molecule has 5 heteroatoms. The Labute approximate surface area is 157 Å². The fraction of sp³-hybridized carbons (Fsp3) is 0.182. The Morgan fingerprint density at radius 2 is 1.85 bits per heavy atom. The summed E-state index contributed by atoms with van der Waals surface area (Å²) in [6.45, 7) is 1.04. The molecule has 3 aromatic carbocycles. The van der Waals surface area contributed by atoms with Crippen LogP contribution >= 0.6 is 0 Å². The molecule has 0 fully saturated rings. The Hall–Kier alpha value is -3.18. The highest BCUT2D eigenvalue weighted by atomic mass is 16.5. The summed E-state index contributed by atoms with van der Waals surface area (Å²) in [4.78, 5) is 18.0. The minimum atomic E-state index is -0.0736. The molecule has 5 nitrogen and oxygen atoms in total. The highest BCUT2D eigenvalue weighted by molar-refractivity contribution is 5.87. The lowest BCUT2D eigenvalue weighted by atomic mass is 10.1. The molecule has 136 valence electrons. The van der Waals surface area contributed by atoms with Gasteiger partial charge in [-0.2, -0.15) is 0 Å². The van der Waals surface area contributed by atoms with Crippen molar-refractivity contribution < 1.29 is 4.74 Å². The third kappa shape index (κ3) is 3.17. The van der Waals surface area contributed by atoms with Gasteiger partial charge < -0.3 is 10.5 Å². The molecule has 1 aromatic heterocycles. The molecule has 0 atom stereocenters. The Bertz CT molecular complexity index is 1180. The molecule has 0 bridgehead atoms. The Morgan fingerprint density at radius 1 is 1.04 bits per heavy atom. The number of benzene rings is 3. The summed E-state index contributed by atoms with van der Waals surface area (Å²) in [7, 11) is 1.59. The van der Waals surface area contributed by atoms with Gasteiger partial charge in [0.1, 0.15) is 11.6 Å². The largest absolute Gasteiger partial charge is 0.497 e. The highest BCUT2D eigenvalue weighted by Crippen LogP contribution is 2.25. The summed E-state index contributed by atoms with van der Waals surface area (Å²) in [5, 5.41) is 2.82. The number of ether oxygens (including phenoxy) is 1. The molecule has 0 saturated carbocycles. The second kappa shape index (κ2) is 7.21. The maximum absolute atomic E-state index is 13.2. The van der Waals surface area contributed by atoms with Crippen LogP contribution in [0, 0.1) is 0 Å². The van der Waals surface area contributed by atoms with Gasteiger partial charge in [0.2, 0.25) is 0 Å². The van der Waals surface area contributed by atoms with Gasteiger partial charge in [-0.1, -0.05) is 36.4 Å². The zero-order chi connectivity index (χ0) is 18.8. The third-order valence-electron chi connectivity index (χ3n) is 4.75. The van der Waals surface area contributed by atoms with Crippen LogP contribution < -0.4 is 16.0 Å². The van der Waals surface area contributed by atoms with E-state index in [1.54, 1.807) is 17.7 Å². The molecular weight excluding hydrogens is 338 g/mol. The van der Waals surface area contributed by atoms with Crippen molar-refractivity contribution in [3.05, 3.63) is 71.0 Å². The first kappa shape index (κ1) is 17.2. The smallest absolute Gasteiger partial charge is 0.261 e. The number of nitrogens with zero attached hydrogens (tertiary/aromatic N) is 2. The van der Waals surface area contributed by atoms with E-state index in [2.05, 4.69) is 24.3 Å². The lowest BCUT2D eigenvalue weighted by Gasteiger charge is -2.14. The van der Waals surface area contributed by atoms with Crippen LogP contribution in [0.1, 0.15) is 6.42 Å². The minimum Gasteiger partial charge on any atom is -0.497 e. The van der Waals surface area contributed by atoms with Crippen LogP contribution in [0.5, 0.6) is 5.75 Å². The van der Waals surface area contributed by atoms with Crippen LogP contribution in [0.15, 0.2) is 65.5 Å². The molecule has 1 heterocycles. The van der Waals surface area contributed by atoms with Crippen molar-refractivity contribution in [2.75, 3.05) is 13.7 Å². The van der Waals surface area contributed by atoms with E-state index in [4.69, 9.17) is 15.5 Å². The number of methoxy groups -OCH3 is 1. The Balaban J connectivity index is 1.97. The molecular formula is C22H21N3O2. The van der Waals surface area contributed by atoms with Crippen molar-refractivity contribution in [2.45, 2.75) is 13.0 Å². The number of rotatable bonds is 5. The van der Waals surface area contributed by atoms with Gasteiger partial charge in [-0.25, -0.2) is 4.98 Å². The molecule has 0 radical (unpaired) electrons. The summed E-state index contributed by atoms with van der Waals surface area (Å²) >= 11 is 0. The fourth-order valence-corrected chi connectivity index (χ4v) is 3.33. The van der Waals surface area contributed by atoms with Crippen molar-refractivity contribution in [2.24, 2.45) is 5.73 Å². The molecule has 0 unspecified atom stereocenters. The number of hydrogen-bond acceptors (Lipinski definition) is 4. The SMILES string of the molecule is COc1ccc2nc(-c3ccc4ccccc4c3)n(CCCN)c(=O)c2c1. The van der Waals surface area contributed by atoms with Crippen LogP contribution in [0.3, 0.4) is 0 Å². The van der Waals surface area contributed by atoms with Crippen molar-refractivity contribution in [3.8, 4) is 17.1 Å². The van der Waals surface area contributed by atoms with Gasteiger partial charge in [0.25, 0.3) is 5.56 Å². The van der Waals surface area contributed by atoms with Gasteiger partial charge in [-0.15, -0.1) is 0 Å². The predicted molar refractivity (Wildman–Crippen MR) is 109 cm³/mol. The first-order valence-electron chi connectivity index (χ1n) is 8.99. The molecule has 4 rings (SSSR count). The topological polar surface area (TPSA) is 70.1 Å². The number of hydrogen-bond donors (Lipinski definition) is 1. The van der Waals surface area contributed by atoms with E-state index in [9.17, 15) is 4.79 Å². The van der Waals surface area contributed by atoms with Crippen molar-refractivity contribution in [3.63, 3.8) is 0 Å². The molecule has 2 N–H and O–H groups in total. The average Bonchev–Trinajstić information content (AvgIpc) is 2.72. The van der Waals surface area contributed by atoms with E-state index in [-0.39, 0.29) is 5.56 Å². The van der Waals surface area contributed by atoms with Crippen LogP contribution in [-0.4, -0.2) is 23.2 Å². The summed E-state index contributed by atoms with van der Waals surface area (Å²) < 4.78 is 6.99. The van der Waals surface area contributed by atoms with E-state index in [0.717, 1.165) is 16.3 Å². The van der Waals surface area contributed by atoms with Gasteiger partial charge >= 0.3 is 0 Å². The Morgan fingerprint density at radius 3 is 2.63 bits per heavy atom. The first-order valence-corrected chi connectivity index (χ1v) is 8.99. The van der Waals surface area contributed by atoms with E-state index >= 15 is 0 Å². The van der Waals surface area contributed by atoms with E-state index in [0.29, 0.717) is 42.0 Å². The monoisotopic (exact) mass is 359 g/mol. The number of nitrogens with two attached hydrogens (primary N) is 1. The van der Waals surface area contributed by atoms with Gasteiger partial charge in [0.05, 0.1) is 18.0 Å². The first-order chi connectivity index (χ1) is 13.2. The van der Waals surface area contributed by atoms with Crippen LogP contribution in [0.4, 0.5) is 0 Å². The predicted octanol–water partition coefficient (Wildman–Crippen LogP) is 3.57. The molecule has 0 amide bonds. The molecule has 4 aromatic rings. The molecule has 0 aliphatic rings. The van der Waals surface area contributed by atoms with Gasteiger partial charge in [0.15, 0.2) is 0 Å². The van der Waals surface area contributed by atoms with Gasteiger partial charge in [-0.3, -0.25) is 9.36 Å². The third-order valence-corrected chi connectivity index (χ3v) is 4.75. The van der Waals surface area contributed by atoms with Crippen molar-refractivity contribution in [1.82, 2.24) is 9.55 Å². The molecule has 0 saturated heterocycles. The maximum atomic E-state index is 13.2. The summed E-state index contributed by atoms with van der Waals surface area (Å²) in [6, 6.07) is 19.7.